The SMILES string of the molecule is COc1ccc(CSCC(=O)N(Cc2ccc(F)cc2)[C@@H](Cc2ccccc2)C(=O)NC2CCCCC2)cc1. The molecule has 0 unspecified atom stereocenters. The summed E-state index contributed by atoms with van der Waals surface area (Å²) in [4.78, 5) is 29.2. The molecule has 1 fully saturated rings. The van der Waals surface area contributed by atoms with Crippen LogP contribution in [0.5, 0.6) is 5.75 Å². The summed E-state index contributed by atoms with van der Waals surface area (Å²) < 4.78 is 18.9. The summed E-state index contributed by atoms with van der Waals surface area (Å²) in [7, 11) is 1.63. The van der Waals surface area contributed by atoms with Crippen molar-refractivity contribution in [1.29, 1.82) is 0 Å². The van der Waals surface area contributed by atoms with Crippen LogP contribution < -0.4 is 10.1 Å². The Morgan fingerprint density at radius 1 is 0.923 bits per heavy atom. The van der Waals surface area contributed by atoms with Gasteiger partial charge < -0.3 is 15.0 Å². The first kappa shape index (κ1) is 28.7. The summed E-state index contributed by atoms with van der Waals surface area (Å²) in [5.74, 6) is 1.12. The van der Waals surface area contributed by atoms with E-state index in [2.05, 4.69) is 5.32 Å². The van der Waals surface area contributed by atoms with Gasteiger partial charge in [-0.1, -0.05) is 73.9 Å². The van der Waals surface area contributed by atoms with Crippen molar-refractivity contribution in [3.8, 4) is 5.75 Å². The van der Waals surface area contributed by atoms with E-state index in [9.17, 15) is 14.0 Å². The molecule has 0 heterocycles. The second-order valence-electron chi connectivity index (χ2n) is 10.0. The average Bonchev–Trinajstić information content (AvgIpc) is 2.97. The fourth-order valence-corrected chi connectivity index (χ4v) is 5.82. The predicted molar refractivity (Wildman–Crippen MR) is 155 cm³/mol. The van der Waals surface area contributed by atoms with Gasteiger partial charge in [0.15, 0.2) is 0 Å². The number of nitrogens with one attached hydrogen (secondary N) is 1. The van der Waals surface area contributed by atoms with E-state index in [0.717, 1.165) is 48.1 Å². The molecule has 0 aromatic heterocycles. The van der Waals surface area contributed by atoms with Crippen molar-refractivity contribution in [2.24, 2.45) is 0 Å². The molecule has 1 N–H and O–H groups in total. The largest absolute Gasteiger partial charge is 0.497 e. The van der Waals surface area contributed by atoms with Crippen molar-refractivity contribution >= 4 is 23.6 Å². The summed E-state index contributed by atoms with van der Waals surface area (Å²) in [5.41, 5.74) is 2.87. The van der Waals surface area contributed by atoms with Crippen molar-refractivity contribution in [2.75, 3.05) is 12.9 Å². The Labute approximate surface area is 235 Å². The van der Waals surface area contributed by atoms with Crippen LogP contribution >= 0.6 is 11.8 Å². The minimum atomic E-state index is -0.673. The van der Waals surface area contributed by atoms with Crippen LogP contribution in [-0.2, 0) is 28.3 Å². The smallest absolute Gasteiger partial charge is 0.243 e. The Kier molecular flexibility index (Phi) is 10.8. The highest BCUT2D eigenvalue weighted by molar-refractivity contribution is 7.99. The van der Waals surface area contributed by atoms with E-state index in [1.165, 1.54) is 30.3 Å². The lowest BCUT2D eigenvalue weighted by molar-refractivity contribution is -0.139. The third-order valence-corrected chi connectivity index (χ3v) is 8.13. The zero-order valence-electron chi connectivity index (χ0n) is 22.5. The van der Waals surface area contributed by atoms with E-state index in [1.54, 1.807) is 24.1 Å². The molecule has 0 radical (unpaired) electrons. The molecule has 1 aliphatic rings. The van der Waals surface area contributed by atoms with Crippen molar-refractivity contribution in [3.05, 3.63) is 101 Å². The van der Waals surface area contributed by atoms with Crippen LogP contribution in [0.25, 0.3) is 0 Å². The highest BCUT2D eigenvalue weighted by Crippen LogP contribution is 2.22. The topological polar surface area (TPSA) is 58.6 Å². The minimum absolute atomic E-state index is 0.113. The first-order valence-electron chi connectivity index (χ1n) is 13.6. The van der Waals surface area contributed by atoms with E-state index in [0.29, 0.717) is 12.2 Å². The third-order valence-electron chi connectivity index (χ3n) is 7.14. The Hall–Kier alpha value is -3.32. The summed E-state index contributed by atoms with van der Waals surface area (Å²) in [6.45, 7) is 0.234. The van der Waals surface area contributed by atoms with E-state index in [-0.39, 0.29) is 36.0 Å². The highest BCUT2D eigenvalue weighted by Gasteiger charge is 2.31. The van der Waals surface area contributed by atoms with Gasteiger partial charge in [-0.3, -0.25) is 9.59 Å². The number of benzene rings is 3. The highest BCUT2D eigenvalue weighted by atomic mass is 32.2. The van der Waals surface area contributed by atoms with E-state index >= 15 is 0 Å². The Morgan fingerprint density at radius 2 is 1.59 bits per heavy atom. The normalized spacial score (nSPS) is 14.4. The van der Waals surface area contributed by atoms with Crippen LogP contribution in [-0.4, -0.2) is 41.7 Å². The fraction of sp³-hybridized carbons (Fsp3) is 0.375. The van der Waals surface area contributed by atoms with Crippen molar-refractivity contribution < 1.29 is 18.7 Å². The molecule has 39 heavy (non-hydrogen) atoms. The fourth-order valence-electron chi connectivity index (χ4n) is 4.95. The van der Waals surface area contributed by atoms with Gasteiger partial charge in [0, 0.05) is 24.8 Å². The first-order chi connectivity index (χ1) is 19.0. The number of carbonyl (C=O) groups excluding carboxylic acids is 2. The maximum atomic E-state index is 13.8. The zero-order valence-corrected chi connectivity index (χ0v) is 23.3. The van der Waals surface area contributed by atoms with E-state index < -0.39 is 6.04 Å². The van der Waals surface area contributed by atoms with Gasteiger partial charge in [0.25, 0.3) is 0 Å². The zero-order chi connectivity index (χ0) is 27.5. The van der Waals surface area contributed by atoms with E-state index in [1.807, 2.05) is 54.6 Å². The number of ether oxygens (including phenoxy) is 1. The van der Waals surface area contributed by atoms with Crippen molar-refractivity contribution in [1.82, 2.24) is 10.2 Å². The minimum Gasteiger partial charge on any atom is -0.497 e. The summed E-state index contributed by atoms with van der Waals surface area (Å²) in [6, 6.07) is 23.2. The van der Waals surface area contributed by atoms with Gasteiger partial charge in [0.05, 0.1) is 12.9 Å². The lowest BCUT2D eigenvalue weighted by Gasteiger charge is -2.33. The quantitative estimate of drug-likeness (QED) is 0.295. The molecule has 0 spiro atoms. The maximum absolute atomic E-state index is 13.8. The van der Waals surface area contributed by atoms with Crippen LogP contribution in [0.15, 0.2) is 78.9 Å². The number of halogens is 1. The molecule has 0 saturated heterocycles. The van der Waals surface area contributed by atoms with Crippen LogP contribution in [0.4, 0.5) is 4.39 Å². The predicted octanol–water partition coefficient (Wildman–Crippen LogP) is 6.16. The molecule has 1 saturated carbocycles. The number of methoxy groups -OCH3 is 1. The Balaban J connectivity index is 1.54. The molecule has 3 aromatic carbocycles. The van der Waals surface area contributed by atoms with Gasteiger partial charge in [-0.25, -0.2) is 4.39 Å². The summed E-state index contributed by atoms with van der Waals surface area (Å²) in [6.07, 6.45) is 5.75. The number of hydrogen-bond acceptors (Lipinski definition) is 4. The molecule has 0 bridgehead atoms. The molecule has 1 atom stereocenters. The number of nitrogens with zero attached hydrogens (tertiary/aromatic N) is 1. The number of rotatable bonds is 12. The van der Waals surface area contributed by atoms with Crippen LogP contribution in [0.3, 0.4) is 0 Å². The number of carbonyl (C=O) groups is 2. The number of hydrogen-bond donors (Lipinski definition) is 1. The molecule has 2 amide bonds. The molecule has 7 heteroatoms. The van der Waals surface area contributed by atoms with Gasteiger partial charge in [0.1, 0.15) is 17.6 Å². The lowest BCUT2D eigenvalue weighted by Crippen LogP contribution is -2.53. The van der Waals surface area contributed by atoms with Gasteiger partial charge in [0.2, 0.25) is 11.8 Å². The Morgan fingerprint density at radius 3 is 2.26 bits per heavy atom. The molecule has 1 aliphatic carbocycles. The third kappa shape index (κ3) is 8.85. The lowest BCUT2D eigenvalue weighted by atomic mass is 9.94. The van der Waals surface area contributed by atoms with Gasteiger partial charge in [-0.2, -0.15) is 0 Å². The molecular formula is C32H37FN2O3S. The maximum Gasteiger partial charge on any atom is 0.243 e. The number of amides is 2. The number of thioether (sulfide) groups is 1. The second kappa shape index (κ2) is 14.7. The van der Waals surface area contributed by atoms with Crippen LogP contribution in [0.2, 0.25) is 0 Å². The van der Waals surface area contributed by atoms with Gasteiger partial charge in [-0.05, 0) is 53.8 Å². The van der Waals surface area contributed by atoms with Crippen LogP contribution in [0.1, 0.15) is 48.8 Å². The molecule has 4 rings (SSSR count). The monoisotopic (exact) mass is 548 g/mol. The van der Waals surface area contributed by atoms with Crippen molar-refractivity contribution in [2.45, 2.75) is 62.9 Å². The summed E-state index contributed by atoms with van der Waals surface area (Å²) in [5, 5.41) is 3.25. The van der Waals surface area contributed by atoms with E-state index in [4.69, 9.17) is 4.74 Å². The molecular weight excluding hydrogens is 511 g/mol. The van der Waals surface area contributed by atoms with Gasteiger partial charge >= 0.3 is 0 Å². The second-order valence-corrected chi connectivity index (χ2v) is 11.0. The molecule has 206 valence electrons. The van der Waals surface area contributed by atoms with Crippen molar-refractivity contribution in [3.63, 3.8) is 0 Å². The first-order valence-corrected chi connectivity index (χ1v) is 14.8. The van der Waals surface area contributed by atoms with Crippen LogP contribution in [0, 0.1) is 5.82 Å². The summed E-state index contributed by atoms with van der Waals surface area (Å²) >= 11 is 1.52. The molecule has 5 nitrogen and oxygen atoms in total. The molecule has 0 aliphatic heterocycles. The average molecular weight is 549 g/mol. The standard InChI is InChI=1S/C32H37FN2O3S/c1-38-29-18-14-26(15-19-29)22-39-23-31(36)35(21-25-12-16-27(33)17-13-25)30(20-24-8-4-2-5-9-24)32(37)34-28-10-6-3-7-11-28/h2,4-5,8-9,12-19,28,30H,3,6-7,10-11,20-23H2,1H3,(H,34,37)/t30-/m0/s1. The Bertz CT molecular complexity index is 1180. The molecule has 3 aromatic rings. The van der Waals surface area contributed by atoms with Gasteiger partial charge in [-0.15, -0.1) is 11.8 Å².